The molecule has 1 heterocycles. The molecular weight excluding hydrogens is 242 g/mol. The second-order valence-electron chi connectivity index (χ2n) is 5.52. The minimum absolute atomic E-state index is 0.0493. The second-order valence-corrected chi connectivity index (χ2v) is 5.52. The van der Waals surface area contributed by atoms with Crippen LogP contribution >= 0.6 is 0 Å². The van der Waals surface area contributed by atoms with E-state index >= 15 is 0 Å². The molecule has 0 radical (unpaired) electrons. The van der Waals surface area contributed by atoms with Gasteiger partial charge in [-0.25, -0.2) is 4.98 Å². The van der Waals surface area contributed by atoms with E-state index in [4.69, 9.17) is 10.8 Å². The molecule has 1 rings (SSSR count). The Balaban J connectivity index is 3.13. The Morgan fingerprint density at radius 3 is 2.53 bits per heavy atom. The number of carbonyl (C=O) groups excluding carboxylic acids is 1. The van der Waals surface area contributed by atoms with Crippen molar-refractivity contribution in [3.05, 3.63) is 23.4 Å². The molecule has 1 aromatic heterocycles. The molecule has 19 heavy (non-hydrogen) atoms. The number of nitrogens with two attached hydrogens (primary N) is 1. The molecule has 5 nitrogen and oxygen atoms in total. The fourth-order valence-electron chi connectivity index (χ4n) is 1.77. The quantitative estimate of drug-likeness (QED) is 0.862. The maximum atomic E-state index is 12.3. The van der Waals surface area contributed by atoms with E-state index in [1.807, 2.05) is 27.7 Å². The number of pyridine rings is 1. The molecule has 0 fully saturated rings. The first-order valence-corrected chi connectivity index (χ1v) is 6.47. The van der Waals surface area contributed by atoms with E-state index in [1.54, 1.807) is 17.0 Å². The molecule has 0 aliphatic carbocycles. The highest BCUT2D eigenvalue weighted by Crippen LogP contribution is 2.23. The summed E-state index contributed by atoms with van der Waals surface area (Å²) >= 11 is 0. The van der Waals surface area contributed by atoms with Gasteiger partial charge in [0.05, 0.1) is 6.61 Å². The number of amides is 1. The zero-order valence-corrected chi connectivity index (χ0v) is 12.1. The van der Waals surface area contributed by atoms with Crippen molar-refractivity contribution < 1.29 is 9.90 Å². The van der Waals surface area contributed by atoms with Gasteiger partial charge in [-0.1, -0.05) is 20.8 Å². The topological polar surface area (TPSA) is 79.5 Å². The van der Waals surface area contributed by atoms with Crippen molar-refractivity contribution in [2.45, 2.75) is 33.1 Å². The highest BCUT2D eigenvalue weighted by molar-refractivity contribution is 5.95. The number of aliphatic hydroxyl groups excluding tert-OH is 1. The van der Waals surface area contributed by atoms with Gasteiger partial charge < -0.3 is 15.7 Å². The van der Waals surface area contributed by atoms with Crippen LogP contribution in [0.5, 0.6) is 0 Å². The Kier molecular flexibility index (Phi) is 4.89. The number of aromatic nitrogens is 1. The molecule has 0 atom stereocenters. The van der Waals surface area contributed by atoms with Crippen molar-refractivity contribution in [2.75, 3.05) is 25.4 Å². The maximum absolute atomic E-state index is 12.3. The summed E-state index contributed by atoms with van der Waals surface area (Å²) in [5.74, 6) is 0.215. The molecule has 0 saturated carbocycles. The summed E-state index contributed by atoms with van der Waals surface area (Å²) < 4.78 is 0. The maximum Gasteiger partial charge on any atom is 0.254 e. The molecule has 3 N–H and O–H groups in total. The second kappa shape index (κ2) is 6.02. The largest absolute Gasteiger partial charge is 0.395 e. The lowest BCUT2D eigenvalue weighted by Crippen LogP contribution is -2.33. The van der Waals surface area contributed by atoms with Crippen LogP contribution in [0.25, 0.3) is 0 Å². The standard InChI is InChI=1S/C14H23N3O2/c1-5-17(6-7-18)13(19)10-8-11(14(2,3)4)16-12(15)9-10/h8-9,18H,5-7H2,1-4H3,(H2,15,16). The van der Waals surface area contributed by atoms with Crippen LogP contribution in [0.2, 0.25) is 0 Å². The molecule has 1 amide bonds. The predicted octanol–water partition coefficient (Wildman–Crippen LogP) is 1.42. The number of rotatable bonds is 4. The van der Waals surface area contributed by atoms with E-state index in [1.165, 1.54) is 0 Å². The predicted molar refractivity (Wildman–Crippen MR) is 76.0 cm³/mol. The molecule has 0 saturated heterocycles. The zero-order valence-electron chi connectivity index (χ0n) is 12.1. The Hall–Kier alpha value is -1.62. The van der Waals surface area contributed by atoms with E-state index < -0.39 is 0 Å². The first-order chi connectivity index (χ1) is 8.79. The first kappa shape index (κ1) is 15.4. The van der Waals surface area contributed by atoms with Crippen LogP contribution < -0.4 is 5.73 Å². The number of hydrogen-bond donors (Lipinski definition) is 2. The molecule has 0 aromatic carbocycles. The number of nitrogen functional groups attached to an aromatic ring is 1. The molecule has 0 bridgehead atoms. The molecule has 1 aromatic rings. The van der Waals surface area contributed by atoms with Gasteiger partial charge in [0.1, 0.15) is 5.82 Å². The highest BCUT2D eigenvalue weighted by Gasteiger charge is 2.20. The smallest absolute Gasteiger partial charge is 0.254 e. The fraction of sp³-hybridized carbons (Fsp3) is 0.571. The third-order valence-electron chi connectivity index (χ3n) is 2.90. The van der Waals surface area contributed by atoms with Gasteiger partial charge in [-0.15, -0.1) is 0 Å². The molecule has 5 heteroatoms. The molecular formula is C14H23N3O2. The van der Waals surface area contributed by atoms with Gasteiger partial charge in [0.15, 0.2) is 0 Å². The number of hydrogen-bond acceptors (Lipinski definition) is 4. The normalized spacial score (nSPS) is 11.4. The number of aliphatic hydroxyl groups is 1. The van der Waals surface area contributed by atoms with Crippen molar-refractivity contribution >= 4 is 11.7 Å². The first-order valence-electron chi connectivity index (χ1n) is 6.47. The van der Waals surface area contributed by atoms with Crippen LogP contribution in [0.3, 0.4) is 0 Å². The van der Waals surface area contributed by atoms with E-state index in [9.17, 15) is 4.79 Å². The Morgan fingerprint density at radius 2 is 2.05 bits per heavy atom. The Bertz CT molecular complexity index is 452. The van der Waals surface area contributed by atoms with E-state index in [2.05, 4.69) is 4.98 Å². The number of anilines is 1. The monoisotopic (exact) mass is 265 g/mol. The lowest BCUT2D eigenvalue weighted by Gasteiger charge is -2.22. The Labute approximate surface area is 114 Å². The van der Waals surface area contributed by atoms with Gasteiger partial charge in [0.2, 0.25) is 0 Å². The fourth-order valence-corrected chi connectivity index (χ4v) is 1.77. The molecule has 0 unspecified atom stereocenters. The van der Waals surface area contributed by atoms with E-state index in [0.29, 0.717) is 24.5 Å². The molecule has 0 aliphatic rings. The minimum Gasteiger partial charge on any atom is -0.395 e. The van der Waals surface area contributed by atoms with Gasteiger partial charge in [0.25, 0.3) is 5.91 Å². The van der Waals surface area contributed by atoms with Crippen molar-refractivity contribution in [3.63, 3.8) is 0 Å². The van der Waals surface area contributed by atoms with E-state index in [-0.39, 0.29) is 17.9 Å². The summed E-state index contributed by atoms with van der Waals surface area (Å²) in [4.78, 5) is 18.2. The van der Waals surface area contributed by atoms with Crippen LogP contribution in [0, 0.1) is 0 Å². The third-order valence-corrected chi connectivity index (χ3v) is 2.90. The molecule has 0 aliphatic heterocycles. The molecule has 0 spiro atoms. The highest BCUT2D eigenvalue weighted by atomic mass is 16.3. The van der Waals surface area contributed by atoms with Crippen molar-refractivity contribution in [2.24, 2.45) is 0 Å². The number of carbonyl (C=O) groups is 1. The summed E-state index contributed by atoms with van der Waals surface area (Å²) in [7, 11) is 0. The lowest BCUT2D eigenvalue weighted by molar-refractivity contribution is 0.0731. The van der Waals surface area contributed by atoms with Crippen LogP contribution in [-0.4, -0.2) is 40.6 Å². The number of nitrogens with zero attached hydrogens (tertiary/aromatic N) is 2. The zero-order chi connectivity index (χ0) is 14.6. The summed E-state index contributed by atoms with van der Waals surface area (Å²) in [5.41, 5.74) is 6.92. The summed E-state index contributed by atoms with van der Waals surface area (Å²) in [6.45, 7) is 8.76. The Morgan fingerprint density at radius 1 is 1.42 bits per heavy atom. The minimum atomic E-state index is -0.168. The van der Waals surface area contributed by atoms with Crippen LogP contribution in [0.4, 0.5) is 5.82 Å². The van der Waals surface area contributed by atoms with Gasteiger partial charge in [-0.05, 0) is 19.1 Å². The van der Waals surface area contributed by atoms with Crippen LogP contribution in [0.15, 0.2) is 12.1 Å². The third kappa shape index (κ3) is 3.92. The number of likely N-dealkylation sites (N-methyl/N-ethyl adjacent to an activating group) is 1. The van der Waals surface area contributed by atoms with Crippen molar-refractivity contribution in [1.29, 1.82) is 0 Å². The van der Waals surface area contributed by atoms with Gasteiger partial charge >= 0.3 is 0 Å². The average Bonchev–Trinajstić information content (AvgIpc) is 2.33. The van der Waals surface area contributed by atoms with Crippen molar-refractivity contribution in [1.82, 2.24) is 9.88 Å². The van der Waals surface area contributed by atoms with Crippen LogP contribution in [-0.2, 0) is 5.41 Å². The van der Waals surface area contributed by atoms with Gasteiger partial charge in [-0.2, -0.15) is 0 Å². The lowest BCUT2D eigenvalue weighted by atomic mass is 9.90. The summed E-state index contributed by atoms with van der Waals surface area (Å²) in [5, 5.41) is 8.97. The van der Waals surface area contributed by atoms with Crippen molar-refractivity contribution in [3.8, 4) is 0 Å². The van der Waals surface area contributed by atoms with Gasteiger partial charge in [-0.3, -0.25) is 4.79 Å². The van der Waals surface area contributed by atoms with Gasteiger partial charge in [0, 0.05) is 29.8 Å². The van der Waals surface area contributed by atoms with Crippen LogP contribution in [0.1, 0.15) is 43.7 Å². The molecule has 106 valence electrons. The average molecular weight is 265 g/mol. The summed E-state index contributed by atoms with van der Waals surface area (Å²) in [6, 6.07) is 3.36. The summed E-state index contributed by atoms with van der Waals surface area (Å²) in [6.07, 6.45) is 0. The SMILES string of the molecule is CCN(CCO)C(=O)c1cc(N)nc(C(C)(C)C)c1. The van der Waals surface area contributed by atoms with E-state index in [0.717, 1.165) is 5.69 Å².